The first kappa shape index (κ1) is 18.4. The number of rotatable bonds is 6. The molecule has 1 saturated carbocycles. The van der Waals surface area contributed by atoms with Crippen LogP contribution in [0.3, 0.4) is 0 Å². The molecule has 0 aromatic carbocycles. The average Bonchev–Trinajstić information content (AvgIpc) is 3.27. The molecule has 0 radical (unpaired) electrons. The summed E-state index contributed by atoms with van der Waals surface area (Å²) in [6.45, 7) is 8.22. The van der Waals surface area contributed by atoms with Crippen LogP contribution < -0.4 is 10.2 Å². The van der Waals surface area contributed by atoms with Gasteiger partial charge in [0.25, 0.3) is 5.91 Å². The summed E-state index contributed by atoms with van der Waals surface area (Å²) < 4.78 is 10.9. The van der Waals surface area contributed by atoms with Gasteiger partial charge in [0.05, 0.1) is 12.2 Å². The molecular weight excluding hydrogens is 340 g/mol. The van der Waals surface area contributed by atoms with E-state index in [9.17, 15) is 9.59 Å². The molecule has 1 aromatic heterocycles. The maximum atomic E-state index is 12.5. The predicted octanol–water partition coefficient (Wildman–Crippen LogP) is 1.43. The van der Waals surface area contributed by atoms with E-state index in [1.165, 1.54) is 16.2 Å². The SMILES string of the molecule is CCOC(=O)c1c(C2CC2)csc1NC(=O)C[NH+]1C[C@H](C)O[C@@H](C)C1. The maximum Gasteiger partial charge on any atom is 0.341 e. The van der Waals surface area contributed by atoms with E-state index in [2.05, 4.69) is 5.32 Å². The number of carbonyl (C=O) groups excluding carboxylic acids is 2. The lowest BCUT2D eigenvalue weighted by Crippen LogP contribution is -3.16. The fourth-order valence-electron chi connectivity index (χ4n) is 3.50. The number of anilines is 1. The summed E-state index contributed by atoms with van der Waals surface area (Å²) in [6.07, 6.45) is 2.52. The minimum absolute atomic E-state index is 0.0638. The molecule has 0 unspecified atom stereocenters. The Kier molecular flexibility index (Phi) is 5.76. The number of quaternary nitrogens is 1. The van der Waals surface area contributed by atoms with Crippen LogP contribution in [-0.2, 0) is 14.3 Å². The Bertz CT molecular complexity index is 631. The Balaban J connectivity index is 1.67. The smallest absolute Gasteiger partial charge is 0.341 e. The topological polar surface area (TPSA) is 69.1 Å². The lowest BCUT2D eigenvalue weighted by molar-refractivity contribution is -0.907. The van der Waals surface area contributed by atoms with Crippen molar-refractivity contribution in [3.63, 3.8) is 0 Å². The highest BCUT2D eigenvalue weighted by Gasteiger charge is 2.33. The van der Waals surface area contributed by atoms with Crippen LogP contribution in [0.1, 0.15) is 55.5 Å². The molecule has 138 valence electrons. The highest BCUT2D eigenvalue weighted by atomic mass is 32.1. The quantitative estimate of drug-likeness (QED) is 0.747. The van der Waals surface area contributed by atoms with Crippen LogP contribution in [0.5, 0.6) is 0 Å². The second-order valence-corrected chi connectivity index (χ2v) is 7.91. The van der Waals surface area contributed by atoms with Crippen molar-refractivity contribution in [1.82, 2.24) is 0 Å². The number of morpholine rings is 1. The van der Waals surface area contributed by atoms with Crippen molar-refractivity contribution in [3.8, 4) is 0 Å². The Morgan fingerprint density at radius 2 is 2.00 bits per heavy atom. The number of hydrogen-bond donors (Lipinski definition) is 2. The molecule has 1 saturated heterocycles. The first-order valence-corrected chi connectivity index (χ1v) is 9.93. The number of nitrogens with one attached hydrogen (secondary N) is 2. The van der Waals surface area contributed by atoms with E-state index in [4.69, 9.17) is 9.47 Å². The average molecular weight is 367 g/mol. The Morgan fingerprint density at radius 3 is 2.60 bits per heavy atom. The van der Waals surface area contributed by atoms with Gasteiger partial charge in [0.15, 0.2) is 6.54 Å². The second kappa shape index (κ2) is 7.85. The normalized spacial score (nSPS) is 26.3. The molecule has 1 amide bonds. The summed E-state index contributed by atoms with van der Waals surface area (Å²) in [5.41, 5.74) is 1.58. The van der Waals surface area contributed by atoms with Crippen molar-refractivity contribution in [2.45, 2.75) is 51.7 Å². The number of esters is 1. The summed E-state index contributed by atoms with van der Waals surface area (Å²) >= 11 is 1.42. The van der Waals surface area contributed by atoms with Crippen LogP contribution in [0.4, 0.5) is 5.00 Å². The molecular formula is C18H27N2O4S+. The molecule has 1 aliphatic heterocycles. The van der Waals surface area contributed by atoms with Gasteiger partial charge >= 0.3 is 5.97 Å². The van der Waals surface area contributed by atoms with E-state index in [1.807, 2.05) is 19.2 Å². The molecule has 0 bridgehead atoms. The van der Waals surface area contributed by atoms with E-state index in [-0.39, 0.29) is 24.1 Å². The van der Waals surface area contributed by atoms with Gasteiger partial charge in [0.1, 0.15) is 30.3 Å². The third kappa shape index (κ3) is 4.59. The molecule has 25 heavy (non-hydrogen) atoms. The molecule has 1 aliphatic carbocycles. The maximum absolute atomic E-state index is 12.5. The van der Waals surface area contributed by atoms with E-state index in [0.717, 1.165) is 31.5 Å². The summed E-state index contributed by atoms with van der Waals surface area (Å²) in [7, 11) is 0. The van der Waals surface area contributed by atoms with Gasteiger partial charge in [0.2, 0.25) is 0 Å². The number of ether oxygens (including phenoxy) is 2. The van der Waals surface area contributed by atoms with Crippen LogP contribution in [-0.4, -0.2) is 50.3 Å². The summed E-state index contributed by atoms with van der Waals surface area (Å²) in [5, 5.41) is 5.56. The fraction of sp³-hybridized carbons (Fsp3) is 0.667. The van der Waals surface area contributed by atoms with Gasteiger partial charge in [-0.15, -0.1) is 11.3 Å². The van der Waals surface area contributed by atoms with Gasteiger partial charge in [-0.2, -0.15) is 0 Å². The summed E-state index contributed by atoms with van der Waals surface area (Å²) in [5.74, 6) is 0.0424. The largest absolute Gasteiger partial charge is 0.462 e. The van der Waals surface area contributed by atoms with Crippen LogP contribution in [0.15, 0.2) is 5.38 Å². The van der Waals surface area contributed by atoms with Gasteiger partial charge in [0, 0.05) is 0 Å². The van der Waals surface area contributed by atoms with Crippen molar-refractivity contribution in [1.29, 1.82) is 0 Å². The highest BCUT2D eigenvalue weighted by Crippen LogP contribution is 2.46. The molecule has 0 spiro atoms. The van der Waals surface area contributed by atoms with Gasteiger partial charge in [-0.25, -0.2) is 4.79 Å². The van der Waals surface area contributed by atoms with E-state index in [1.54, 1.807) is 6.92 Å². The molecule has 3 rings (SSSR count). The monoisotopic (exact) mass is 367 g/mol. The number of carbonyl (C=O) groups is 2. The van der Waals surface area contributed by atoms with Gasteiger partial charge in [-0.3, -0.25) is 4.79 Å². The summed E-state index contributed by atoms with van der Waals surface area (Å²) in [6, 6.07) is 0. The predicted molar refractivity (Wildman–Crippen MR) is 96.5 cm³/mol. The molecule has 2 fully saturated rings. The van der Waals surface area contributed by atoms with Crippen LogP contribution in [0, 0.1) is 0 Å². The highest BCUT2D eigenvalue weighted by molar-refractivity contribution is 7.15. The van der Waals surface area contributed by atoms with E-state index in [0.29, 0.717) is 29.6 Å². The molecule has 6 nitrogen and oxygen atoms in total. The van der Waals surface area contributed by atoms with Crippen LogP contribution in [0.2, 0.25) is 0 Å². The van der Waals surface area contributed by atoms with Crippen molar-refractivity contribution < 1.29 is 24.0 Å². The van der Waals surface area contributed by atoms with Crippen molar-refractivity contribution in [2.24, 2.45) is 0 Å². The molecule has 2 N–H and O–H groups in total. The van der Waals surface area contributed by atoms with Crippen molar-refractivity contribution >= 4 is 28.2 Å². The third-order valence-corrected chi connectivity index (χ3v) is 5.51. The van der Waals surface area contributed by atoms with Crippen LogP contribution >= 0.6 is 11.3 Å². The summed E-state index contributed by atoms with van der Waals surface area (Å²) in [4.78, 5) is 26.1. The first-order valence-electron chi connectivity index (χ1n) is 9.05. The fourth-order valence-corrected chi connectivity index (χ4v) is 4.55. The molecule has 7 heteroatoms. The Labute approximate surface area is 152 Å². The zero-order chi connectivity index (χ0) is 18.0. The minimum Gasteiger partial charge on any atom is -0.462 e. The minimum atomic E-state index is -0.332. The van der Waals surface area contributed by atoms with Crippen molar-refractivity contribution in [3.05, 3.63) is 16.5 Å². The lowest BCUT2D eigenvalue weighted by atomic mass is 10.1. The van der Waals surface area contributed by atoms with Gasteiger partial charge < -0.3 is 19.7 Å². The van der Waals surface area contributed by atoms with Gasteiger partial charge in [-0.05, 0) is 50.5 Å². The number of hydrogen-bond acceptors (Lipinski definition) is 5. The Morgan fingerprint density at radius 1 is 1.32 bits per heavy atom. The van der Waals surface area contributed by atoms with Crippen molar-refractivity contribution in [2.75, 3.05) is 31.6 Å². The standard InChI is InChI=1S/C18H26N2O4S/c1-4-23-18(22)16-14(13-5-6-13)10-25-17(16)19-15(21)9-20-7-11(2)24-12(3)8-20/h10-13H,4-9H2,1-3H3,(H,19,21)/p+1/t11-,12-/m0/s1. The Hall–Kier alpha value is -1.44. The number of amides is 1. The molecule has 2 atom stereocenters. The lowest BCUT2D eigenvalue weighted by Gasteiger charge is -2.31. The number of thiophene rings is 1. The third-order valence-electron chi connectivity index (χ3n) is 4.60. The molecule has 2 heterocycles. The van der Waals surface area contributed by atoms with E-state index < -0.39 is 0 Å². The second-order valence-electron chi connectivity index (χ2n) is 7.03. The zero-order valence-corrected chi connectivity index (χ0v) is 15.9. The van der Waals surface area contributed by atoms with Crippen LogP contribution in [0.25, 0.3) is 0 Å². The van der Waals surface area contributed by atoms with Gasteiger partial charge in [-0.1, -0.05) is 0 Å². The first-order chi connectivity index (χ1) is 12.0. The van der Waals surface area contributed by atoms with E-state index >= 15 is 0 Å². The molecule has 2 aliphatic rings. The zero-order valence-electron chi connectivity index (χ0n) is 15.1. The molecule has 1 aromatic rings.